The lowest BCUT2D eigenvalue weighted by Crippen LogP contribution is -2.42. The zero-order valence-electron chi connectivity index (χ0n) is 16.3. The number of benzene rings is 2. The Labute approximate surface area is 167 Å². The molecule has 0 saturated carbocycles. The molecule has 1 N–H and O–H groups in total. The van der Waals surface area contributed by atoms with Gasteiger partial charge in [-0.05, 0) is 65.9 Å². The van der Waals surface area contributed by atoms with Gasteiger partial charge in [0.2, 0.25) is 0 Å². The van der Waals surface area contributed by atoms with Gasteiger partial charge < -0.3 is 15.0 Å². The lowest BCUT2D eigenvalue weighted by molar-refractivity contribution is 0.414. The van der Waals surface area contributed by atoms with E-state index < -0.39 is 0 Å². The summed E-state index contributed by atoms with van der Waals surface area (Å²) < 4.78 is 5.26. The van der Waals surface area contributed by atoms with E-state index in [0.717, 1.165) is 38.2 Å². The second-order valence-electron chi connectivity index (χ2n) is 7.28. The highest BCUT2D eigenvalue weighted by atomic mass is 16.5. The van der Waals surface area contributed by atoms with E-state index in [-0.39, 0.29) is 0 Å². The maximum atomic E-state index is 5.26. The topological polar surface area (TPSA) is 37.4 Å². The molecule has 0 aliphatic carbocycles. The summed E-state index contributed by atoms with van der Waals surface area (Å²) in [6.45, 7) is 3.08. The van der Waals surface area contributed by atoms with Crippen LogP contribution in [0.4, 0.5) is 5.69 Å². The van der Waals surface area contributed by atoms with E-state index in [4.69, 9.17) is 4.74 Å². The van der Waals surface area contributed by atoms with Crippen molar-refractivity contribution in [1.29, 1.82) is 0 Å². The number of nitrogens with one attached hydrogen (secondary N) is 1. The molecule has 1 fully saturated rings. The molecule has 28 heavy (non-hydrogen) atoms. The Morgan fingerprint density at radius 3 is 2.43 bits per heavy atom. The summed E-state index contributed by atoms with van der Waals surface area (Å²) in [7, 11) is 1.70. The maximum absolute atomic E-state index is 5.26. The molecule has 4 nitrogen and oxygen atoms in total. The molecule has 4 rings (SSSR count). The van der Waals surface area contributed by atoms with Crippen LogP contribution < -0.4 is 15.0 Å². The molecule has 1 aromatic heterocycles. The van der Waals surface area contributed by atoms with Gasteiger partial charge in [-0.3, -0.25) is 4.98 Å². The molecule has 0 radical (unpaired) electrons. The molecule has 2 aromatic carbocycles. The second-order valence-corrected chi connectivity index (χ2v) is 7.28. The van der Waals surface area contributed by atoms with Crippen LogP contribution in [0.5, 0.6) is 5.75 Å². The van der Waals surface area contributed by atoms with Crippen molar-refractivity contribution in [3.8, 4) is 16.9 Å². The van der Waals surface area contributed by atoms with Gasteiger partial charge in [0.1, 0.15) is 5.75 Å². The van der Waals surface area contributed by atoms with E-state index in [9.17, 15) is 0 Å². The first-order chi connectivity index (χ1) is 13.8. The molecule has 144 valence electrons. The summed E-state index contributed by atoms with van der Waals surface area (Å²) in [4.78, 5) is 6.58. The fourth-order valence-electron chi connectivity index (χ4n) is 3.77. The van der Waals surface area contributed by atoms with Crippen molar-refractivity contribution < 1.29 is 4.74 Å². The number of anilines is 1. The third-order valence-electron chi connectivity index (χ3n) is 5.47. The summed E-state index contributed by atoms with van der Waals surface area (Å²) >= 11 is 0. The Bertz CT molecular complexity index is 872. The Kier molecular flexibility index (Phi) is 5.88. The average molecular weight is 374 g/mol. The highest BCUT2D eigenvalue weighted by Crippen LogP contribution is 2.28. The van der Waals surface area contributed by atoms with E-state index >= 15 is 0 Å². The predicted molar refractivity (Wildman–Crippen MR) is 115 cm³/mol. The number of ether oxygens (including phenoxy) is 1. The maximum Gasteiger partial charge on any atom is 0.118 e. The molecule has 0 spiro atoms. The molecule has 4 heteroatoms. The number of rotatable bonds is 6. The summed E-state index contributed by atoms with van der Waals surface area (Å²) in [5.74, 6) is 0.890. The molecule has 0 amide bonds. The number of nitrogens with zero attached hydrogens (tertiary/aromatic N) is 2. The predicted octanol–water partition coefficient (Wildman–Crippen LogP) is 4.52. The van der Waals surface area contributed by atoms with E-state index in [2.05, 4.69) is 63.7 Å². The van der Waals surface area contributed by atoms with E-state index in [1.165, 1.54) is 22.4 Å². The molecular weight excluding hydrogens is 346 g/mol. The van der Waals surface area contributed by atoms with Gasteiger partial charge in [0.05, 0.1) is 7.11 Å². The molecule has 1 aliphatic heterocycles. The van der Waals surface area contributed by atoms with Gasteiger partial charge in [0.15, 0.2) is 0 Å². The Morgan fingerprint density at radius 1 is 0.964 bits per heavy atom. The van der Waals surface area contributed by atoms with Gasteiger partial charge in [-0.1, -0.05) is 24.3 Å². The Morgan fingerprint density at radius 2 is 1.71 bits per heavy atom. The zero-order chi connectivity index (χ0) is 19.2. The standard InChI is InChI=1S/C24H27N3O/c1-28-24-7-5-20(6-8-24)21-3-2-4-23(17-21)27-15-11-22(12-16-27)26-18-19-9-13-25-14-10-19/h2-10,13-14,17,22,26H,11-12,15-16,18H2,1H3. The van der Waals surface area contributed by atoms with Crippen molar-refractivity contribution in [1.82, 2.24) is 10.3 Å². The van der Waals surface area contributed by atoms with Crippen LogP contribution in [0.2, 0.25) is 0 Å². The third-order valence-corrected chi connectivity index (χ3v) is 5.47. The summed E-state index contributed by atoms with van der Waals surface area (Å²) in [5.41, 5.74) is 5.07. The van der Waals surface area contributed by atoms with Crippen molar-refractivity contribution in [2.75, 3.05) is 25.1 Å². The number of pyridine rings is 1. The minimum atomic E-state index is 0.578. The number of piperidine rings is 1. The molecule has 2 heterocycles. The van der Waals surface area contributed by atoms with Gasteiger partial charge in [-0.2, -0.15) is 0 Å². The Hall–Kier alpha value is -2.85. The van der Waals surface area contributed by atoms with E-state index in [1.54, 1.807) is 7.11 Å². The fraction of sp³-hybridized carbons (Fsp3) is 0.292. The first-order valence-electron chi connectivity index (χ1n) is 9.93. The number of aromatic nitrogens is 1. The number of methoxy groups -OCH3 is 1. The highest BCUT2D eigenvalue weighted by molar-refractivity contribution is 5.69. The molecule has 0 atom stereocenters. The van der Waals surface area contributed by atoms with E-state index in [1.807, 2.05) is 24.5 Å². The van der Waals surface area contributed by atoms with Crippen LogP contribution in [0.1, 0.15) is 18.4 Å². The SMILES string of the molecule is COc1ccc(-c2cccc(N3CCC(NCc4ccncc4)CC3)c2)cc1. The summed E-state index contributed by atoms with van der Waals surface area (Å²) in [6.07, 6.45) is 6.04. The van der Waals surface area contributed by atoms with Crippen molar-refractivity contribution in [2.45, 2.75) is 25.4 Å². The second kappa shape index (κ2) is 8.89. The monoisotopic (exact) mass is 373 g/mol. The van der Waals surface area contributed by atoms with Crippen LogP contribution in [0.25, 0.3) is 11.1 Å². The fourth-order valence-corrected chi connectivity index (χ4v) is 3.77. The number of hydrogen-bond donors (Lipinski definition) is 1. The van der Waals surface area contributed by atoms with Crippen LogP contribution in [0.3, 0.4) is 0 Å². The van der Waals surface area contributed by atoms with Gasteiger partial charge >= 0.3 is 0 Å². The molecule has 1 saturated heterocycles. The van der Waals surface area contributed by atoms with Crippen LogP contribution in [-0.2, 0) is 6.54 Å². The normalized spacial score (nSPS) is 14.8. The lowest BCUT2D eigenvalue weighted by atomic mass is 10.0. The van der Waals surface area contributed by atoms with Crippen LogP contribution >= 0.6 is 0 Å². The molecule has 0 bridgehead atoms. The van der Waals surface area contributed by atoms with Crippen LogP contribution in [0.15, 0.2) is 73.1 Å². The lowest BCUT2D eigenvalue weighted by Gasteiger charge is -2.34. The molecule has 3 aromatic rings. The van der Waals surface area contributed by atoms with Gasteiger partial charge in [-0.15, -0.1) is 0 Å². The van der Waals surface area contributed by atoms with E-state index in [0.29, 0.717) is 6.04 Å². The highest BCUT2D eigenvalue weighted by Gasteiger charge is 2.19. The van der Waals surface area contributed by atoms with Crippen molar-refractivity contribution in [2.24, 2.45) is 0 Å². The van der Waals surface area contributed by atoms with Gasteiger partial charge in [0, 0.05) is 43.8 Å². The zero-order valence-corrected chi connectivity index (χ0v) is 16.3. The summed E-state index contributed by atoms with van der Waals surface area (Å²) in [5, 5.41) is 3.69. The first-order valence-corrected chi connectivity index (χ1v) is 9.93. The van der Waals surface area contributed by atoms with Crippen LogP contribution in [0, 0.1) is 0 Å². The van der Waals surface area contributed by atoms with Crippen LogP contribution in [-0.4, -0.2) is 31.2 Å². The Balaban J connectivity index is 1.35. The van der Waals surface area contributed by atoms with Crippen molar-refractivity contribution in [3.63, 3.8) is 0 Å². The summed E-state index contributed by atoms with van der Waals surface area (Å²) in [6, 6.07) is 21.8. The molecule has 1 aliphatic rings. The minimum Gasteiger partial charge on any atom is -0.497 e. The van der Waals surface area contributed by atoms with Gasteiger partial charge in [0.25, 0.3) is 0 Å². The smallest absolute Gasteiger partial charge is 0.118 e. The quantitative estimate of drug-likeness (QED) is 0.690. The number of hydrogen-bond acceptors (Lipinski definition) is 4. The minimum absolute atomic E-state index is 0.578. The van der Waals surface area contributed by atoms with Crippen molar-refractivity contribution >= 4 is 5.69 Å². The van der Waals surface area contributed by atoms with Crippen molar-refractivity contribution in [3.05, 3.63) is 78.6 Å². The molecular formula is C24H27N3O. The third kappa shape index (κ3) is 4.52. The largest absolute Gasteiger partial charge is 0.497 e. The average Bonchev–Trinajstić information content (AvgIpc) is 2.79. The first kappa shape index (κ1) is 18.5. The molecule has 0 unspecified atom stereocenters. The van der Waals surface area contributed by atoms with Gasteiger partial charge in [-0.25, -0.2) is 0 Å².